The maximum atomic E-state index is 8.73. The normalized spacial score (nSPS) is 10.6. The molecular formula is C10H13N5O. The maximum absolute atomic E-state index is 8.73. The number of hydrogen-bond acceptors (Lipinski definition) is 5. The van der Waals surface area contributed by atoms with E-state index in [1.54, 1.807) is 0 Å². The van der Waals surface area contributed by atoms with E-state index in [0.717, 1.165) is 11.1 Å². The fourth-order valence-corrected chi connectivity index (χ4v) is 1.32. The quantitative estimate of drug-likeness (QED) is 0.721. The summed E-state index contributed by atoms with van der Waals surface area (Å²) in [5.74, 6) is 0.514. The molecule has 16 heavy (non-hydrogen) atoms. The molecular weight excluding hydrogens is 206 g/mol. The van der Waals surface area contributed by atoms with Gasteiger partial charge in [0.1, 0.15) is 0 Å². The number of rotatable bonds is 3. The summed E-state index contributed by atoms with van der Waals surface area (Å²) < 4.78 is 0. The van der Waals surface area contributed by atoms with Crippen LogP contribution in [0.15, 0.2) is 18.2 Å². The molecule has 0 bridgehead atoms. The van der Waals surface area contributed by atoms with Crippen LogP contribution in [0.4, 0.5) is 5.69 Å². The minimum absolute atomic E-state index is 0.00810. The largest absolute Gasteiger partial charge is 0.398 e. The second kappa shape index (κ2) is 4.28. The van der Waals surface area contributed by atoms with Crippen LogP contribution in [0.3, 0.4) is 0 Å². The number of aliphatic hydroxyl groups is 1. The van der Waals surface area contributed by atoms with Crippen LogP contribution in [0, 0.1) is 6.92 Å². The van der Waals surface area contributed by atoms with Gasteiger partial charge in [0.05, 0.1) is 13.2 Å². The number of nitrogen functional groups attached to an aromatic ring is 1. The Morgan fingerprint density at radius 3 is 2.94 bits per heavy atom. The Morgan fingerprint density at radius 2 is 2.25 bits per heavy atom. The van der Waals surface area contributed by atoms with E-state index < -0.39 is 0 Å². The Balaban J connectivity index is 2.31. The lowest BCUT2D eigenvalue weighted by molar-refractivity contribution is 0.259. The van der Waals surface area contributed by atoms with Crippen molar-refractivity contribution < 1.29 is 5.11 Å². The van der Waals surface area contributed by atoms with Crippen molar-refractivity contribution in [1.82, 2.24) is 20.2 Å². The van der Waals surface area contributed by atoms with E-state index in [-0.39, 0.29) is 6.61 Å². The molecule has 84 valence electrons. The number of aryl methyl sites for hydroxylation is 1. The lowest BCUT2D eigenvalue weighted by Gasteiger charge is -2.00. The van der Waals surface area contributed by atoms with Crippen LogP contribution < -0.4 is 5.73 Å². The molecule has 0 unspecified atom stereocenters. The lowest BCUT2D eigenvalue weighted by atomic mass is 10.1. The Morgan fingerprint density at radius 1 is 1.44 bits per heavy atom. The first-order valence-corrected chi connectivity index (χ1v) is 4.96. The van der Waals surface area contributed by atoms with Crippen molar-refractivity contribution in [3.8, 4) is 11.4 Å². The zero-order chi connectivity index (χ0) is 11.5. The summed E-state index contributed by atoms with van der Waals surface area (Å²) >= 11 is 0. The van der Waals surface area contributed by atoms with Crippen LogP contribution in [0.1, 0.15) is 5.56 Å². The molecule has 3 N–H and O–H groups in total. The van der Waals surface area contributed by atoms with Crippen molar-refractivity contribution in [2.45, 2.75) is 13.5 Å². The predicted molar refractivity (Wildman–Crippen MR) is 59.5 cm³/mol. The highest BCUT2D eigenvalue weighted by atomic mass is 16.3. The van der Waals surface area contributed by atoms with Crippen LogP contribution in [-0.2, 0) is 6.54 Å². The average molecular weight is 219 g/mol. The summed E-state index contributed by atoms with van der Waals surface area (Å²) in [5.41, 5.74) is 8.35. The number of benzene rings is 1. The number of nitrogens with two attached hydrogens (primary N) is 1. The molecule has 0 saturated heterocycles. The van der Waals surface area contributed by atoms with Gasteiger partial charge < -0.3 is 10.8 Å². The Hall–Kier alpha value is -1.95. The second-order valence-corrected chi connectivity index (χ2v) is 3.50. The van der Waals surface area contributed by atoms with Crippen molar-refractivity contribution in [2.24, 2.45) is 0 Å². The Labute approximate surface area is 92.7 Å². The van der Waals surface area contributed by atoms with Crippen molar-refractivity contribution >= 4 is 5.69 Å². The van der Waals surface area contributed by atoms with Gasteiger partial charge in [0.2, 0.25) is 5.82 Å². The van der Waals surface area contributed by atoms with E-state index in [1.807, 2.05) is 25.1 Å². The number of nitrogens with zero attached hydrogens (tertiary/aromatic N) is 4. The highest BCUT2D eigenvalue weighted by molar-refractivity contribution is 5.62. The molecule has 0 aliphatic heterocycles. The Kier molecular flexibility index (Phi) is 2.82. The number of aliphatic hydroxyl groups excluding tert-OH is 1. The van der Waals surface area contributed by atoms with Gasteiger partial charge >= 0.3 is 0 Å². The summed E-state index contributed by atoms with van der Waals surface area (Å²) in [4.78, 5) is 1.35. The molecule has 2 rings (SSSR count). The highest BCUT2D eigenvalue weighted by Crippen LogP contribution is 2.19. The fraction of sp³-hybridized carbons (Fsp3) is 0.300. The molecule has 0 amide bonds. The van der Waals surface area contributed by atoms with E-state index in [0.29, 0.717) is 18.1 Å². The molecule has 1 heterocycles. The minimum Gasteiger partial charge on any atom is -0.398 e. The number of tetrazole rings is 1. The third-order valence-corrected chi connectivity index (χ3v) is 2.29. The zero-order valence-corrected chi connectivity index (χ0v) is 8.96. The number of hydrogen-bond donors (Lipinski definition) is 2. The summed E-state index contributed by atoms with van der Waals surface area (Å²) in [6, 6.07) is 5.62. The van der Waals surface area contributed by atoms with Gasteiger partial charge in [-0.05, 0) is 23.8 Å². The third kappa shape index (κ3) is 2.01. The topological polar surface area (TPSA) is 89.8 Å². The van der Waals surface area contributed by atoms with Crippen molar-refractivity contribution in [3.05, 3.63) is 23.8 Å². The standard InChI is InChI=1S/C10H13N5O/c1-7-2-3-8(6-9(7)11)10-12-14-15(13-10)4-5-16/h2-3,6,16H,4-5,11H2,1H3. The highest BCUT2D eigenvalue weighted by Gasteiger charge is 2.06. The molecule has 0 fully saturated rings. The smallest absolute Gasteiger partial charge is 0.204 e. The molecule has 6 heteroatoms. The van der Waals surface area contributed by atoms with E-state index >= 15 is 0 Å². The molecule has 0 radical (unpaired) electrons. The molecule has 0 spiro atoms. The van der Waals surface area contributed by atoms with Crippen LogP contribution in [0.2, 0.25) is 0 Å². The van der Waals surface area contributed by atoms with Gasteiger partial charge in [0.25, 0.3) is 0 Å². The van der Waals surface area contributed by atoms with Crippen molar-refractivity contribution in [2.75, 3.05) is 12.3 Å². The molecule has 1 aromatic carbocycles. The van der Waals surface area contributed by atoms with Gasteiger partial charge in [0.15, 0.2) is 0 Å². The van der Waals surface area contributed by atoms with E-state index in [4.69, 9.17) is 10.8 Å². The van der Waals surface area contributed by atoms with Gasteiger partial charge in [0, 0.05) is 11.3 Å². The Bertz CT molecular complexity index is 494. The van der Waals surface area contributed by atoms with Crippen LogP contribution in [0.5, 0.6) is 0 Å². The van der Waals surface area contributed by atoms with E-state index in [2.05, 4.69) is 15.4 Å². The molecule has 0 saturated carbocycles. The first-order valence-electron chi connectivity index (χ1n) is 4.96. The van der Waals surface area contributed by atoms with E-state index in [9.17, 15) is 0 Å². The summed E-state index contributed by atoms with van der Waals surface area (Å²) in [6.07, 6.45) is 0. The second-order valence-electron chi connectivity index (χ2n) is 3.50. The third-order valence-electron chi connectivity index (χ3n) is 2.29. The zero-order valence-electron chi connectivity index (χ0n) is 8.96. The molecule has 1 aromatic heterocycles. The van der Waals surface area contributed by atoms with Crippen molar-refractivity contribution in [1.29, 1.82) is 0 Å². The van der Waals surface area contributed by atoms with E-state index in [1.165, 1.54) is 4.80 Å². The van der Waals surface area contributed by atoms with Crippen LogP contribution in [-0.4, -0.2) is 31.9 Å². The molecule has 0 aliphatic rings. The van der Waals surface area contributed by atoms with Gasteiger partial charge in [-0.2, -0.15) is 4.80 Å². The summed E-state index contributed by atoms with van der Waals surface area (Å²) in [5, 5.41) is 20.6. The molecule has 2 aromatic rings. The maximum Gasteiger partial charge on any atom is 0.204 e. The van der Waals surface area contributed by atoms with Crippen LogP contribution in [0.25, 0.3) is 11.4 Å². The van der Waals surface area contributed by atoms with Gasteiger partial charge in [-0.1, -0.05) is 12.1 Å². The average Bonchev–Trinajstić information content (AvgIpc) is 2.71. The molecule has 0 atom stereocenters. The first-order chi connectivity index (χ1) is 7.70. The molecule has 0 aliphatic carbocycles. The van der Waals surface area contributed by atoms with Gasteiger partial charge in [-0.25, -0.2) is 0 Å². The SMILES string of the molecule is Cc1ccc(-c2nnn(CCO)n2)cc1N. The molecule has 6 nitrogen and oxygen atoms in total. The van der Waals surface area contributed by atoms with Gasteiger partial charge in [-0.15, -0.1) is 10.2 Å². The lowest BCUT2D eigenvalue weighted by Crippen LogP contribution is -2.05. The number of anilines is 1. The summed E-state index contributed by atoms with van der Waals surface area (Å²) in [7, 11) is 0. The van der Waals surface area contributed by atoms with Crippen LogP contribution >= 0.6 is 0 Å². The fourth-order valence-electron chi connectivity index (χ4n) is 1.32. The monoisotopic (exact) mass is 219 g/mol. The predicted octanol–water partition coefficient (Wildman–Crippen LogP) is 0.223. The summed E-state index contributed by atoms with van der Waals surface area (Å²) in [6.45, 7) is 2.27. The van der Waals surface area contributed by atoms with Crippen molar-refractivity contribution in [3.63, 3.8) is 0 Å². The van der Waals surface area contributed by atoms with Gasteiger partial charge in [-0.3, -0.25) is 0 Å². The first kappa shape index (κ1) is 10.6. The number of aromatic nitrogens is 4. The minimum atomic E-state index is -0.00810.